The van der Waals surface area contributed by atoms with Crippen molar-refractivity contribution >= 4 is 0 Å². The van der Waals surface area contributed by atoms with Gasteiger partial charge in [0.25, 0.3) is 0 Å². The molecule has 2 rings (SSSR count). The number of nitriles is 1. The number of rotatable bonds is 3. The van der Waals surface area contributed by atoms with Crippen LogP contribution in [0.1, 0.15) is 11.1 Å². The van der Waals surface area contributed by atoms with Gasteiger partial charge >= 0.3 is 0 Å². The van der Waals surface area contributed by atoms with E-state index in [4.69, 9.17) is 15.7 Å². The van der Waals surface area contributed by atoms with Crippen molar-refractivity contribution in [3.8, 4) is 6.07 Å². The first-order valence-corrected chi connectivity index (χ1v) is 5.95. The van der Waals surface area contributed by atoms with Gasteiger partial charge in [-0.05, 0) is 23.8 Å². The molecule has 0 saturated carbocycles. The Morgan fingerprint density at radius 3 is 3.06 bits per heavy atom. The number of halogens is 1. The number of nitrogens with zero attached hydrogens (tertiary/aromatic N) is 2. The fourth-order valence-electron chi connectivity index (χ4n) is 2.13. The fraction of sp³-hybridized carbons (Fsp3) is 0.462. The fourth-order valence-corrected chi connectivity index (χ4v) is 2.13. The monoisotopic (exact) mass is 249 g/mol. The van der Waals surface area contributed by atoms with Gasteiger partial charge in [0.15, 0.2) is 0 Å². The van der Waals surface area contributed by atoms with E-state index in [1.165, 1.54) is 12.1 Å². The molecule has 96 valence electrons. The van der Waals surface area contributed by atoms with Crippen molar-refractivity contribution in [3.63, 3.8) is 0 Å². The number of morpholine rings is 1. The number of nitrogens with two attached hydrogens (primary N) is 1. The molecular weight excluding hydrogens is 233 g/mol. The summed E-state index contributed by atoms with van der Waals surface area (Å²) >= 11 is 0. The third-order valence-corrected chi connectivity index (χ3v) is 2.98. The number of hydrogen-bond donors (Lipinski definition) is 1. The molecule has 1 atom stereocenters. The summed E-state index contributed by atoms with van der Waals surface area (Å²) < 4.78 is 18.8. The third-order valence-electron chi connectivity index (χ3n) is 2.98. The molecule has 0 bridgehead atoms. The summed E-state index contributed by atoms with van der Waals surface area (Å²) in [5, 5.41) is 8.81. The van der Waals surface area contributed by atoms with Crippen molar-refractivity contribution < 1.29 is 9.13 Å². The lowest BCUT2D eigenvalue weighted by atomic mass is 10.1. The SMILES string of the molecule is N#Cc1cc(F)cc(CN2CCOC(CN)C2)c1. The van der Waals surface area contributed by atoms with Crippen molar-refractivity contribution in [2.45, 2.75) is 12.6 Å². The van der Waals surface area contributed by atoms with Crippen LogP contribution in [0.5, 0.6) is 0 Å². The predicted octanol–water partition coefficient (Wildman–Crippen LogP) is 0.857. The zero-order valence-corrected chi connectivity index (χ0v) is 10.1. The van der Waals surface area contributed by atoms with Crippen LogP contribution in [0.2, 0.25) is 0 Å². The lowest BCUT2D eigenvalue weighted by Crippen LogP contribution is -2.45. The topological polar surface area (TPSA) is 62.3 Å². The third kappa shape index (κ3) is 3.26. The van der Waals surface area contributed by atoms with Gasteiger partial charge in [0.2, 0.25) is 0 Å². The largest absolute Gasteiger partial charge is 0.374 e. The Balaban J connectivity index is 2.05. The molecule has 1 fully saturated rings. The van der Waals surface area contributed by atoms with E-state index in [2.05, 4.69) is 4.90 Å². The van der Waals surface area contributed by atoms with Gasteiger partial charge < -0.3 is 10.5 Å². The quantitative estimate of drug-likeness (QED) is 0.863. The van der Waals surface area contributed by atoms with Crippen LogP contribution in [0.4, 0.5) is 4.39 Å². The van der Waals surface area contributed by atoms with Gasteiger partial charge in [-0.3, -0.25) is 4.90 Å². The maximum absolute atomic E-state index is 13.3. The Labute approximate surface area is 106 Å². The van der Waals surface area contributed by atoms with E-state index in [1.54, 1.807) is 6.07 Å². The summed E-state index contributed by atoms with van der Waals surface area (Å²) in [5.74, 6) is -0.368. The first-order chi connectivity index (χ1) is 8.71. The Hall–Kier alpha value is -1.48. The van der Waals surface area contributed by atoms with Crippen molar-refractivity contribution in [2.24, 2.45) is 5.73 Å². The van der Waals surface area contributed by atoms with Gasteiger partial charge in [-0.25, -0.2) is 4.39 Å². The molecule has 1 aromatic rings. The van der Waals surface area contributed by atoms with E-state index < -0.39 is 0 Å². The maximum Gasteiger partial charge on any atom is 0.124 e. The Kier molecular flexibility index (Phi) is 4.26. The second kappa shape index (κ2) is 5.91. The van der Waals surface area contributed by atoms with Crippen LogP contribution in [-0.4, -0.2) is 37.2 Å². The van der Waals surface area contributed by atoms with Crippen molar-refractivity contribution in [3.05, 3.63) is 35.1 Å². The molecule has 0 aromatic heterocycles. The van der Waals surface area contributed by atoms with Crippen LogP contribution in [0.25, 0.3) is 0 Å². The van der Waals surface area contributed by atoms with E-state index in [-0.39, 0.29) is 11.9 Å². The van der Waals surface area contributed by atoms with E-state index >= 15 is 0 Å². The first-order valence-electron chi connectivity index (χ1n) is 5.95. The molecule has 1 aliphatic rings. The first kappa shape index (κ1) is 13.0. The van der Waals surface area contributed by atoms with Gasteiger partial charge in [0.05, 0.1) is 24.3 Å². The van der Waals surface area contributed by atoms with E-state index in [0.717, 1.165) is 18.7 Å². The minimum atomic E-state index is -0.368. The minimum Gasteiger partial charge on any atom is -0.374 e. The van der Waals surface area contributed by atoms with Crippen LogP contribution in [0.15, 0.2) is 18.2 Å². The van der Waals surface area contributed by atoms with Crippen LogP contribution in [0.3, 0.4) is 0 Å². The predicted molar refractivity (Wildman–Crippen MR) is 65.2 cm³/mol. The smallest absolute Gasteiger partial charge is 0.124 e. The summed E-state index contributed by atoms with van der Waals surface area (Å²) in [6.07, 6.45) is 0.0442. The molecule has 1 aromatic carbocycles. The summed E-state index contributed by atoms with van der Waals surface area (Å²) in [6.45, 7) is 3.29. The van der Waals surface area contributed by atoms with E-state index in [0.29, 0.717) is 25.3 Å². The molecule has 2 N–H and O–H groups in total. The Bertz CT molecular complexity index is 458. The zero-order valence-electron chi connectivity index (χ0n) is 10.1. The van der Waals surface area contributed by atoms with Crippen molar-refractivity contribution in [1.82, 2.24) is 4.90 Å². The van der Waals surface area contributed by atoms with E-state index in [1.807, 2.05) is 6.07 Å². The number of benzene rings is 1. The van der Waals surface area contributed by atoms with Crippen molar-refractivity contribution in [2.75, 3.05) is 26.2 Å². The Morgan fingerprint density at radius 2 is 2.33 bits per heavy atom. The van der Waals surface area contributed by atoms with Gasteiger partial charge in [-0.15, -0.1) is 0 Å². The molecule has 0 aliphatic carbocycles. The normalized spacial score (nSPS) is 20.6. The summed E-state index contributed by atoms with van der Waals surface area (Å²) in [4.78, 5) is 2.16. The van der Waals surface area contributed by atoms with Gasteiger partial charge in [-0.1, -0.05) is 0 Å². The van der Waals surface area contributed by atoms with Crippen LogP contribution < -0.4 is 5.73 Å². The molecule has 0 amide bonds. The van der Waals surface area contributed by atoms with Crippen LogP contribution in [0, 0.1) is 17.1 Å². The van der Waals surface area contributed by atoms with Gasteiger partial charge in [0.1, 0.15) is 5.82 Å². The lowest BCUT2D eigenvalue weighted by Gasteiger charge is -2.32. The van der Waals surface area contributed by atoms with Gasteiger partial charge in [-0.2, -0.15) is 5.26 Å². The average Bonchev–Trinajstić information content (AvgIpc) is 2.38. The van der Waals surface area contributed by atoms with Crippen molar-refractivity contribution in [1.29, 1.82) is 5.26 Å². The zero-order chi connectivity index (χ0) is 13.0. The Morgan fingerprint density at radius 1 is 1.50 bits per heavy atom. The highest BCUT2D eigenvalue weighted by Crippen LogP contribution is 2.13. The average molecular weight is 249 g/mol. The molecule has 4 nitrogen and oxygen atoms in total. The number of ether oxygens (including phenoxy) is 1. The minimum absolute atomic E-state index is 0.0442. The van der Waals surface area contributed by atoms with Gasteiger partial charge in [0, 0.05) is 26.2 Å². The molecule has 1 saturated heterocycles. The standard InChI is InChI=1S/C13H16FN3O/c14-12-4-10(6-15)3-11(5-12)8-17-1-2-18-13(7-16)9-17/h3-5,13H,1-2,7-9,16H2. The molecular formula is C13H16FN3O. The van der Waals surface area contributed by atoms with Crippen LogP contribution >= 0.6 is 0 Å². The summed E-state index contributed by atoms with van der Waals surface area (Å²) in [7, 11) is 0. The molecule has 1 unspecified atom stereocenters. The second-order valence-electron chi connectivity index (χ2n) is 4.42. The highest BCUT2D eigenvalue weighted by Gasteiger charge is 2.19. The summed E-state index contributed by atoms with van der Waals surface area (Å²) in [6, 6.07) is 6.39. The molecule has 18 heavy (non-hydrogen) atoms. The highest BCUT2D eigenvalue weighted by molar-refractivity contribution is 5.33. The maximum atomic E-state index is 13.3. The van der Waals surface area contributed by atoms with Crippen LogP contribution in [-0.2, 0) is 11.3 Å². The molecule has 1 aliphatic heterocycles. The molecule has 5 heteroatoms. The second-order valence-corrected chi connectivity index (χ2v) is 4.42. The molecule has 0 radical (unpaired) electrons. The highest BCUT2D eigenvalue weighted by atomic mass is 19.1. The molecule has 0 spiro atoms. The van der Waals surface area contributed by atoms with E-state index in [9.17, 15) is 4.39 Å². The number of hydrogen-bond acceptors (Lipinski definition) is 4. The summed E-state index contributed by atoms with van der Waals surface area (Å²) in [5.41, 5.74) is 6.74. The lowest BCUT2D eigenvalue weighted by molar-refractivity contribution is -0.0260. The molecule has 1 heterocycles.